The maximum absolute atomic E-state index is 13.3. The fourth-order valence-electron chi connectivity index (χ4n) is 2.07. The van der Waals surface area contributed by atoms with Gasteiger partial charge >= 0.3 is 11.7 Å². The van der Waals surface area contributed by atoms with Gasteiger partial charge in [0.1, 0.15) is 5.82 Å². The van der Waals surface area contributed by atoms with E-state index in [1.165, 1.54) is 16.9 Å². The summed E-state index contributed by atoms with van der Waals surface area (Å²) in [4.78, 5) is 22.3. The molecule has 0 radical (unpaired) electrons. The van der Waals surface area contributed by atoms with Crippen LogP contribution in [0.5, 0.6) is 5.75 Å². The molecule has 1 aromatic heterocycles. The fourth-order valence-corrected chi connectivity index (χ4v) is 2.25. The summed E-state index contributed by atoms with van der Waals surface area (Å²) in [7, 11) is 0. The molecular weight excluding hydrogens is 353 g/mol. The zero-order valence-electron chi connectivity index (χ0n) is 12.4. The number of nitro benzene ring substituents is 1. The van der Waals surface area contributed by atoms with E-state index in [0.29, 0.717) is 10.7 Å². The van der Waals surface area contributed by atoms with Gasteiger partial charge in [-0.2, -0.15) is 5.10 Å². The minimum absolute atomic E-state index is 0.0986. The van der Waals surface area contributed by atoms with Gasteiger partial charge < -0.3 is 4.74 Å². The molecule has 0 fully saturated rings. The van der Waals surface area contributed by atoms with Crippen molar-refractivity contribution in [2.75, 3.05) is 0 Å². The van der Waals surface area contributed by atoms with Crippen LogP contribution in [0.2, 0.25) is 5.02 Å². The summed E-state index contributed by atoms with van der Waals surface area (Å²) in [6.45, 7) is 0. The number of rotatable bonds is 4. The first-order chi connectivity index (χ1) is 11.9. The van der Waals surface area contributed by atoms with Crippen LogP contribution in [0.1, 0.15) is 10.5 Å². The number of nitrogens with zero attached hydrogens (tertiary/aromatic N) is 3. The Morgan fingerprint density at radius 2 is 2.04 bits per heavy atom. The molecule has 0 N–H and O–H groups in total. The number of carbonyl (C=O) groups excluding carboxylic acids is 1. The van der Waals surface area contributed by atoms with Crippen molar-refractivity contribution in [3.8, 4) is 11.4 Å². The van der Waals surface area contributed by atoms with Crippen LogP contribution in [0.15, 0.2) is 54.7 Å². The van der Waals surface area contributed by atoms with Gasteiger partial charge in [0, 0.05) is 23.4 Å². The Hall–Kier alpha value is -3.26. The first-order valence-electron chi connectivity index (χ1n) is 6.92. The molecule has 0 spiro atoms. The average Bonchev–Trinajstić information content (AvgIpc) is 3.05. The molecule has 0 aliphatic heterocycles. The lowest BCUT2D eigenvalue weighted by atomic mass is 10.3. The largest absolute Gasteiger partial charge is 0.414 e. The molecule has 9 heteroatoms. The molecule has 0 atom stereocenters. The SMILES string of the molecule is O=C(Oc1cc(F)ccc1[N+](=O)[O-])c1ccn(-c2cccc(Cl)c2)n1. The molecule has 0 saturated heterocycles. The van der Waals surface area contributed by atoms with Crippen molar-refractivity contribution in [3.63, 3.8) is 0 Å². The van der Waals surface area contributed by atoms with E-state index in [1.807, 2.05) is 0 Å². The quantitative estimate of drug-likeness (QED) is 0.305. The number of hydrogen-bond donors (Lipinski definition) is 0. The Morgan fingerprint density at radius 3 is 2.76 bits per heavy atom. The van der Waals surface area contributed by atoms with E-state index < -0.39 is 28.1 Å². The van der Waals surface area contributed by atoms with E-state index in [-0.39, 0.29) is 5.69 Å². The van der Waals surface area contributed by atoms with Crippen LogP contribution in [0, 0.1) is 15.9 Å². The Morgan fingerprint density at radius 1 is 1.24 bits per heavy atom. The molecule has 0 aliphatic rings. The fraction of sp³-hybridized carbons (Fsp3) is 0. The summed E-state index contributed by atoms with van der Waals surface area (Å²) < 4.78 is 19.6. The molecule has 7 nitrogen and oxygen atoms in total. The van der Waals surface area contributed by atoms with Crippen LogP contribution in [0.4, 0.5) is 10.1 Å². The molecule has 25 heavy (non-hydrogen) atoms. The summed E-state index contributed by atoms with van der Waals surface area (Å²) in [5, 5.41) is 15.5. The zero-order valence-corrected chi connectivity index (χ0v) is 13.2. The maximum atomic E-state index is 13.3. The second-order valence-corrected chi connectivity index (χ2v) is 5.32. The van der Waals surface area contributed by atoms with Crippen molar-refractivity contribution in [1.82, 2.24) is 9.78 Å². The highest BCUT2D eigenvalue weighted by Crippen LogP contribution is 2.28. The van der Waals surface area contributed by atoms with E-state index in [4.69, 9.17) is 16.3 Å². The van der Waals surface area contributed by atoms with Gasteiger partial charge in [-0.05, 0) is 30.3 Å². The Balaban J connectivity index is 1.86. The first-order valence-corrected chi connectivity index (χ1v) is 7.29. The van der Waals surface area contributed by atoms with Gasteiger partial charge in [0.15, 0.2) is 5.69 Å². The summed E-state index contributed by atoms with van der Waals surface area (Å²) >= 11 is 5.90. The molecule has 3 aromatic rings. The van der Waals surface area contributed by atoms with Gasteiger partial charge in [0.05, 0.1) is 10.6 Å². The number of nitro groups is 1. The number of aromatic nitrogens is 2. The highest BCUT2D eigenvalue weighted by molar-refractivity contribution is 6.30. The molecule has 126 valence electrons. The van der Waals surface area contributed by atoms with Gasteiger partial charge in [-0.3, -0.25) is 10.1 Å². The predicted octanol–water partition coefficient (Wildman–Crippen LogP) is 3.79. The third-order valence-corrected chi connectivity index (χ3v) is 3.43. The predicted molar refractivity (Wildman–Crippen MR) is 86.6 cm³/mol. The van der Waals surface area contributed by atoms with Crippen LogP contribution in [-0.2, 0) is 0 Å². The lowest BCUT2D eigenvalue weighted by molar-refractivity contribution is -0.385. The van der Waals surface area contributed by atoms with Gasteiger partial charge in [0.2, 0.25) is 5.75 Å². The van der Waals surface area contributed by atoms with E-state index >= 15 is 0 Å². The number of hydrogen-bond acceptors (Lipinski definition) is 5. The minimum Gasteiger partial charge on any atom is -0.414 e. The highest BCUT2D eigenvalue weighted by Gasteiger charge is 2.21. The minimum atomic E-state index is -0.950. The second-order valence-electron chi connectivity index (χ2n) is 4.88. The monoisotopic (exact) mass is 361 g/mol. The molecule has 0 saturated carbocycles. The highest BCUT2D eigenvalue weighted by atomic mass is 35.5. The van der Waals surface area contributed by atoms with Crippen molar-refractivity contribution < 1.29 is 18.8 Å². The molecule has 0 amide bonds. The molecule has 0 bridgehead atoms. The topological polar surface area (TPSA) is 87.3 Å². The summed E-state index contributed by atoms with van der Waals surface area (Å²) in [6.07, 6.45) is 1.50. The lowest BCUT2D eigenvalue weighted by Gasteiger charge is -2.04. The van der Waals surface area contributed by atoms with E-state index in [1.54, 1.807) is 24.3 Å². The third-order valence-electron chi connectivity index (χ3n) is 3.19. The van der Waals surface area contributed by atoms with Crippen molar-refractivity contribution >= 4 is 23.3 Å². The molecular formula is C16H9ClFN3O4. The number of esters is 1. The van der Waals surface area contributed by atoms with Crippen LogP contribution in [-0.4, -0.2) is 20.7 Å². The van der Waals surface area contributed by atoms with Crippen molar-refractivity contribution in [2.24, 2.45) is 0 Å². The zero-order chi connectivity index (χ0) is 18.0. The van der Waals surface area contributed by atoms with Gasteiger partial charge in [-0.15, -0.1) is 0 Å². The summed E-state index contributed by atoms with van der Waals surface area (Å²) in [5.41, 5.74) is -0.00848. The number of ether oxygens (including phenoxy) is 1. The van der Waals surface area contributed by atoms with Crippen molar-refractivity contribution in [2.45, 2.75) is 0 Å². The summed E-state index contributed by atoms with van der Waals surface area (Å²) in [5.74, 6) is -2.21. The Labute approximate surface area is 145 Å². The second kappa shape index (κ2) is 6.70. The lowest BCUT2D eigenvalue weighted by Crippen LogP contribution is -2.11. The first kappa shape index (κ1) is 16.6. The molecule has 0 unspecified atom stereocenters. The molecule has 1 heterocycles. The van der Waals surface area contributed by atoms with E-state index in [0.717, 1.165) is 18.2 Å². The molecule has 2 aromatic carbocycles. The van der Waals surface area contributed by atoms with Gasteiger partial charge in [-0.1, -0.05) is 17.7 Å². The average molecular weight is 362 g/mol. The standard InChI is InChI=1S/C16H9ClFN3O4/c17-10-2-1-3-12(8-10)20-7-6-13(19-20)16(22)25-15-9-11(18)4-5-14(15)21(23)24/h1-9H. The molecule has 0 aliphatic carbocycles. The van der Waals surface area contributed by atoms with Crippen LogP contribution in [0.3, 0.4) is 0 Å². The third kappa shape index (κ3) is 3.64. The Kier molecular flexibility index (Phi) is 4.44. The number of benzene rings is 2. The van der Waals surface area contributed by atoms with Crippen LogP contribution >= 0.6 is 11.6 Å². The number of carbonyl (C=O) groups is 1. The van der Waals surface area contributed by atoms with E-state index in [9.17, 15) is 19.3 Å². The van der Waals surface area contributed by atoms with Gasteiger partial charge in [-0.25, -0.2) is 13.9 Å². The van der Waals surface area contributed by atoms with E-state index in [2.05, 4.69) is 5.10 Å². The van der Waals surface area contributed by atoms with Crippen molar-refractivity contribution in [3.05, 3.63) is 81.4 Å². The Bertz CT molecular complexity index is 974. The molecule has 3 rings (SSSR count). The van der Waals surface area contributed by atoms with Crippen LogP contribution < -0.4 is 4.74 Å². The summed E-state index contributed by atoms with van der Waals surface area (Å²) in [6, 6.07) is 10.7. The normalized spacial score (nSPS) is 10.5. The van der Waals surface area contributed by atoms with Crippen LogP contribution in [0.25, 0.3) is 5.69 Å². The number of halogens is 2. The maximum Gasteiger partial charge on any atom is 0.364 e. The van der Waals surface area contributed by atoms with Gasteiger partial charge in [0.25, 0.3) is 0 Å². The smallest absolute Gasteiger partial charge is 0.364 e. The van der Waals surface area contributed by atoms with Crippen molar-refractivity contribution in [1.29, 1.82) is 0 Å².